The van der Waals surface area contributed by atoms with Gasteiger partial charge in [-0.1, -0.05) is 49.0 Å². The van der Waals surface area contributed by atoms with E-state index in [0.29, 0.717) is 35.4 Å². The lowest BCUT2D eigenvalue weighted by Crippen LogP contribution is -2.47. The number of furan rings is 1. The van der Waals surface area contributed by atoms with Crippen molar-refractivity contribution in [2.75, 3.05) is 5.75 Å². The van der Waals surface area contributed by atoms with Crippen molar-refractivity contribution in [1.29, 1.82) is 5.26 Å². The van der Waals surface area contributed by atoms with Crippen LogP contribution < -0.4 is 5.32 Å². The molecular formula is C23H24ClN5O2S. The zero-order valence-corrected chi connectivity index (χ0v) is 19.2. The van der Waals surface area contributed by atoms with Crippen LogP contribution in [0.1, 0.15) is 44.3 Å². The van der Waals surface area contributed by atoms with Crippen molar-refractivity contribution < 1.29 is 9.21 Å². The van der Waals surface area contributed by atoms with Crippen molar-refractivity contribution in [3.63, 3.8) is 0 Å². The topological polar surface area (TPSA) is 96.7 Å². The van der Waals surface area contributed by atoms with Gasteiger partial charge in [0.2, 0.25) is 5.91 Å². The molecule has 3 aromatic rings. The van der Waals surface area contributed by atoms with Crippen LogP contribution >= 0.6 is 23.4 Å². The average Bonchev–Trinajstić information content (AvgIpc) is 3.39. The minimum atomic E-state index is -0.759. The standard InChI is InChI=1S/C23H24ClN5O2S/c24-18-9-7-17(8-10-18)21-27-28-22(29(21)14-19-6-5-13-31-19)32-15-20(30)26-23(16-25)11-3-1-2-4-12-23/h5-10,13H,1-4,11-12,14-15H2,(H,26,30). The number of nitriles is 1. The molecule has 1 amide bonds. The molecule has 1 saturated carbocycles. The highest BCUT2D eigenvalue weighted by atomic mass is 35.5. The molecule has 0 bridgehead atoms. The first-order valence-electron chi connectivity index (χ1n) is 10.7. The summed E-state index contributed by atoms with van der Waals surface area (Å²) in [6, 6.07) is 13.4. The number of hydrogen-bond donors (Lipinski definition) is 1. The summed E-state index contributed by atoms with van der Waals surface area (Å²) in [6.45, 7) is 0.435. The third-order valence-electron chi connectivity index (χ3n) is 5.60. The second kappa shape index (κ2) is 10.2. The highest BCUT2D eigenvalue weighted by molar-refractivity contribution is 7.99. The van der Waals surface area contributed by atoms with E-state index in [9.17, 15) is 10.1 Å². The van der Waals surface area contributed by atoms with Gasteiger partial charge < -0.3 is 9.73 Å². The predicted octanol–water partition coefficient (Wildman–Crippen LogP) is 5.06. The quantitative estimate of drug-likeness (QED) is 0.383. The molecule has 4 rings (SSSR count). The summed E-state index contributed by atoms with van der Waals surface area (Å²) in [5.74, 6) is 1.41. The Morgan fingerprint density at radius 3 is 2.59 bits per heavy atom. The summed E-state index contributed by atoms with van der Waals surface area (Å²) in [4.78, 5) is 12.7. The molecule has 0 unspecified atom stereocenters. The van der Waals surface area contributed by atoms with E-state index in [1.807, 2.05) is 28.8 Å². The molecule has 0 spiro atoms. The molecule has 2 heterocycles. The molecule has 0 radical (unpaired) electrons. The van der Waals surface area contributed by atoms with Gasteiger partial charge in [-0.2, -0.15) is 5.26 Å². The summed E-state index contributed by atoms with van der Waals surface area (Å²) in [5, 5.41) is 22.6. The summed E-state index contributed by atoms with van der Waals surface area (Å²) >= 11 is 7.33. The van der Waals surface area contributed by atoms with Crippen LogP contribution in [0.5, 0.6) is 0 Å². The number of amides is 1. The highest BCUT2D eigenvalue weighted by Gasteiger charge is 2.32. The minimum absolute atomic E-state index is 0.153. The summed E-state index contributed by atoms with van der Waals surface area (Å²) in [7, 11) is 0. The van der Waals surface area contributed by atoms with Crippen molar-refractivity contribution in [3.05, 3.63) is 53.4 Å². The molecule has 32 heavy (non-hydrogen) atoms. The number of carbonyl (C=O) groups is 1. The number of benzene rings is 1. The maximum absolute atomic E-state index is 12.7. The first-order chi connectivity index (χ1) is 15.6. The third kappa shape index (κ3) is 5.34. The fraction of sp³-hybridized carbons (Fsp3) is 0.391. The molecule has 1 aliphatic rings. The Labute approximate surface area is 196 Å². The Hall–Kier alpha value is -2.76. The molecule has 166 valence electrons. The summed E-state index contributed by atoms with van der Waals surface area (Å²) < 4.78 is 7.44. The van der Waals surface area contributed by atoms with Crippen LogP contribution in [0.25, 0.3) is 11.4 Å². The number of aromatic nitrogens is 3. The largest absolute Gasteiger partial charge is 0.467 e. The van der Waals surface area contributed by atoms with Crippen LogP contribution in [0.3, 0.4) is 0 Å². The van der Waals surface area contributed by atoms with Gasteiger partial charge >= 0.3 is 0 Å². The number of nitrogens with one attached hydrogen (secondary N) is 1. The van der Waals surface area contributed by atoms with Crippen LogP contribution in [-0.2, 0) is 11.3 Å². The number of hydrogen-bond acceptors (Lipinski definition) is 6. The van der Waals surface area contributed by atoms with Crippen molar-refractivity contribution >= 4 is 29.3 Å². The molecule has 1 aromatic carbocycles. The maximum Gasteiger partial charge on any atom is 0.231 e. The molecule has 7 nitrogen and oxygen atoms in total. The van der Waals surface area contributed by atoms with E-state index in [4.69, 9.17) is 16.0 Å². The van der Waals surface area contributed by atoms with Gasteiger partial charge in [-0.15, -0.1) is 10.2 Å². The Balaban J connectivity index is 1.51. The van der Waals surface area contributed by atoms with Gasteiger partial charge in [-0.25, -0.2) is 0 Å². The van der Waals surface area contributed by atoms with E-state index in [1.165, 1.54) is 11.8 Å². The Morgan fingerprint density at radius 1 is 1.19 bits per heavy atom. The smallest absolute Gasteiger partial charge is 0.231 e. The van der Waals surface area contributed by atoms with Gasteiger partial charge in [0.1, 0.15) is 11.3 Å². The first-order valence-corrected chi connectivity index (χ1v) is 12.0. The fourth-order valence-electron chi connectivity index (χ4n) is 3.94. The van der Waals surface area contributed by atoms with Gasteiger partial charge in [0.15, 0.2) is 11.0 Å². The molecule has 1 N–H and O–H groups in total. The molecule has 2 aromatic heterocycles. The molecule has 0 atom stereocenters. The summed E-state index contributed by atoms with van der Waals surface area (Å²) in [5.41, 5.74) is 0.108. The van der Waals surface area contributed by atoms with Gasteiger partial charge in [0.05, 0.1) is 24.6 Å². The highest BCUT2D eigenvalue weighted by Crippen LogP contribution is 2.28. The number of thioether (sulfide) groups is 1. The Kier molecular flexibility index (Phi) is 7.18. The monoisotopic (exact) mass is 469 g/mol. The number of carbonyl (C=O) groups excluding carboxylic acids is 1. The Morgan fingerprint density at radius 2 is 1.94 bits per heavy atom. The molecule has 0 saturated heterocycles. The SMILES string of the molecule is N#CC1(NC(=O)CSc2nnc(-c3ccc(Cl)cc3)n2Cc2ccco2)CCCCCC1. The van der Waals surface area contributed by atoms with Crippen molar-refractivity contribution in [3.8, 4) is 17.5 Å². The molecule has 9 heteroatoms. The lowest BCUT2D eigenvalue weighted by atomic mass is 9.92. The predicted molar refractivity (Wildman–Crippen MR) is 123 cm³/mol. The summed E-state index contributed by atoms with van der Waals surface area (Å²) in [6.07, 6.45) is 7.17. The molecule has 0 aliphatic heterocycles. The number of nitrogens with zero attached hydrogens (tertiary/aromatic N) is 4. The van der Waals surface area contributed by atoms with Gasteiger partial charge in [0.25, 0.3) is 0 Å². The number of halogens is 1. The normalized spacial score (nSPS) is 15.6. The van der Waals surface area contributed by atoms with Crippen LogP contribution in [0.15, 0.2) is 52.2 Å². The van der Waals surface area contributed by atoms with Crippen molar-refractivity contribution in [1.82, 2.24) is 20.1 Å². The van der Waals surface area contributed by atoms with E-state index >= 15 is 0 Å². The molecule has 1 aliphatic carbocycles. The van der Waals surface area contributed by atoms with Crippen LogP contribution in [0.4, 0.5) is 0 Å². The Bertz CT molecular complexity index is 1080. The fourth-order valence-corrected chi connectivity index (χ4v) is 4.80. The molecule has 1 fully saturated rings. The van der Waals surface area contributed by atoms with Gasteiger partial charge in [-0.05, 0) is 49.2 Å². The second-order valence-corrected chi connectivity index (χ2v) is 9.30. The lowest BCUT2D eigenvalue weighted by Gasteiger charge is -2.26. The van der Waals surface area contributed by atoms with E-state index in [-0.39, 0.29) is 11.7 Å². The minimum Gasteiger partial charge on any atom is -0.467 e. The first kappa shape index (κ1) is 22.4. The van der Waals surface area contributed by atoms with Gasteiger partial charge in [0, 0.05) is 10.6 Å². The van der Waals surface area contributed by atoms with E-state index in [1.54, 1.807) is 18.4 Å². The molecular weight excluding hydrogens is 446 g/mol. The lowest BCUT2D eigenvalue weighted by molar-refractivity contribution is -0.120. The van der Waals surface area contributed by atoms with Crippen LogP contribution in [0, 0.1) is 11.3 Å². The van der Waals surface area contributed by atoms with E-state index in [0.717, 1.165) is 37.0 Å². The number of rotatable bonds is 7. The van der Waals surface area contributed by atoms with E-state index < -0.39 is 5.54 Å². The maximum atomic E-state index is 12.7. The van der Waals surface area contributed by atoms with Crippen LogP contribution in [-0.4, -0.2) is 32.0 Å². The zero-order chi connectivity index (χ0) is 22.4. The second-order valence-electron chi connectivity index (χ2n) is 7.92. The third-order valence-corrected chi connectivity index (χ3v) is 6.81. The van der Waals surface area contributed by atoms with Gasteiger partial charge in [-0.3, -0.25) is 9.36 Å². The zero-order valence-electron chi connectivity index (χ0n) is 17.6. The average molecular weight is 470 g/mol. The van der Waals surface area contributed by atoms with Crippen molar-refractivity contribution in [2.45, 2.75) is 55.8 Å². The van der Waals surface area contributed by atoms with Crippen molar-refractivity contribution in [2.24, 2.45) is 0 Å². The van der Waals surface area contributed by atoms with Crippen LogP contribution in [0.2, 0.25) is 5.02 Å². The van der Waals surface area contributed by atoms with E-state index in [2.05, 4.69) is 21.6 Å².